The summed E-state index contributed by atoms with van der Waals surface area (Å²) in [6.45, 7) is 4.51. The highest BCUT2D eigenvalue weighted by Gasteiger charge is 2.68. The van der Waals surface area contributed by atoms with E-state index in [1.165, 1.54) is 0 Å². The lowest BCUT2D eigenvalue weighted by atomic mass is 9.46. The number of aliphatic hydroxyl groups excluding tert-OH is 1. The van der Waals surface area contributed by atoms with E-state index in [9.17, 15) is 19.8 Å². The number of hydrogen-bond acceptors (Lipinski definition) is 4. The maximum absolute atomic E-state index is 13.3. The number of rotatable bonds is 3. The van der Waals surface area contributed by atoms with Gasteiger partial charge < -0.3 is 15.5 Å². The lowest BCUT2D eigenvalue weighted by molar-refractivity contribution is -0.178. The zero-order valence-electron chi connectivity index (χ0n) is 18.9. The Morgan fingerprint density at radius 1 is 1.19 bits per heavy atom. The van der Waals surface area contributed by atoms with E-state index in [4.69, 9.17) is 0 Å². The van der Waals surface area contributed by atoms with Gasteiger partial charge >= 0.3 is 0 Å². The summed E-state index contributed by atoms with van der Waals surface area (Å²) in [5.41, 5.74) is -0.407. The lowest BCUT2D eigenvalue weighted by Crippen LogP contribution is -2.63. The number of carbonyl (C=O) groups excluding carboxylic acids is 2. The second-order valence-corrected chi connectivity index (χ2v) is 10.8. The molecule has 4 aliphatic rings. The third-order valence-electron chi connectivity index (χ3n) is 9.32. The number of nitrogens with one attached hydrogen (secondary N) is 1. The number of allylic oxidation sites excluding steroid dienone is 4. The Hall–Kier alpha value is -2.24. The van der Waals surface area contributed by atoms with E-state index < -0.39 is 17.1 Å². The first-order valence-electron chi connectivity index (χ1n) is 11.9. The Balaban J connectivity index is 1.41. The van der Waals surface area contributed by atoms with Crippen LogP contribution >= 0.6 is 0 Å². The molecule has 170 valence electrons. The fourth-order valence-electron chi connectivity index (χ4n) is 7.63. The second-order valence-electron chi connectivity index (χ2n) is 10.8. The summed E-state index contributed by atoms with van der Waals surface area (Å²) in [7, 11) is 0. The summed E-state index contributed by atoms with van der Waals surface area (Å²) < 4.78 is 0. The Labute approximate surface area is 189 Å². The predicted molar refractivity (Wildman–Crippen MR) is 121 cm³/mol. The van der Waals surface area contributed by atoms with Crippen molar-refractivity contribution in [1.82, 2.24) is 5.32 Å². The number of amides is 1. The monoisotopic (exact) mass is 435 g/mol. The van der Waals surface area contributed by atoms with Crippen LogP contribution in [-0.2, 0) is 16.1 Å². The number of carbonyl (C=O) groups is 2. The molecule has 0 spiro atoms. The molecule has 0 aromatic heterocycles. The molecule has 3 fully saturated rings. The average Bonchev–Trinajstić information content (AvgIpc) is 3.04. The van der Waals surface area contributed by atoms with Crippen LogP contribution in [-0.4, -0.2) is 33.6 Å². The smallest absolute Gasteiger partial charge is 0.252 e. The van der Waals surface area contributed by atoms with Gasteiger partial charge in [0.15, 0.2) is 5.78 Å². The highest BCUT2D eigenvalue weighted by Crippen LogP contribution is 2.66. The van der Waals surface area contributed by atoms with Gasteiger partial charge in [0.05, 0.1) is 6.10 Å². The van der Waals surface area contributed by atoms with Crippen LogP contribution in [0.1, 0.15) is 51.5 Å². The molecule has 32 heavy (non-hydrogen) atoms. The molecule has 0 saturated heterocycles. The number of aliphatic hydroxyl groups is 2. The Bertz CT molecular complexity index is 1000. The number of hydrogen-bond donors (Lipinski definition) is 3. The molecule has 0 radical (unpaired) electrons. The molecule has 5 heteroatoms. The van der Waals surface area contributed by atoms with Crippen LogP contribution in [0.4, 0.5) is 0 Å². The molecule has 5 unspecified atom stereocenters. The first kappa shape index (κ1) is 21.6. The summed E-state index contributed by atoms with van der Waals surface area (Å²) in [6.07, 6.45) is 8.01. The minimum absolute atomic E-state index is 0.000319. The number of benzene rings is 1. The summed E-state index contributed by atoms with van der Waals surface area (Å²) in [4.78, 5) is 25.3. The zero-order valence-corrected chi connectivity index (χ0v) is 18.9. The van der Waals surface area contributed by atoms with E-state index in [0.29, 0.717) is 19.4 Å². The van der Waals surface area contributed by atoms with E-state index in [1.54, 1.807) is 12.2 Å². The first-order chi connectivity index (χ1) is 15.2. The minimum atomic E-state index is -1.49. The van der Waals surface area contributed by atoms with Crippen LogP contribution in [0.25, 0.3) is 0 Å². The molecule has 3 saturated carbocycles. The standard InChI is InChI=1S/C27H33NO4/c1-25-12-10-19(29)14-18(25)8-9-20-21-11-13-27(32,26(21,2)15-22(30)23(20)25)24(31)28-16-17-6-4-3-5-7-17/h3-7,10,12,14,20-23,30,32H,8-9,11,13,15-16H2,1-2H3,(H,28,31)/t20?,21?,22-,23?,25?,26?,27-/m0/s1. The molecule has 0 aliphatic heterocycles. The van der Waals surface area contributed by atoms with Gasteiger partial charge in [-0.1, -0.05) is 55.8 Å². The topological polar surface area (TPSA) is 86.6 Å². The van der Waals surface area contributed by atoms with Gasteiger partial charge in [0.2, 0.25) is 0 Å². The molecule has 7 atom stereocenters. The average molecular weight is 436 g/mol. The quantitative estimate of drug-likeness (QED) is 0.680. The van der Waals surface area contributed by atoms with Crippen molar-refractivity contribution in [2.45, 2.75) is 64.2 Å². The minimum Gasteiger partial charge on any atom is -0.393 e. The van der Waals surface area contributed by atoms with Crippen molar-refractivity contribution in [2.75, 3.05) is 0 Å². The fourth-order valence-corrected chi connectivity index (χ4v) is 7.63. The second kappa shape index (κ2) is 7.39. The van der Waals surface area contributed by atoms with Crippen molar-refractivity contribution in [3.05, 3.63) is 59.7 Å². The highest BCUT2D eigenvalue weighted by molar-refractivity contribution is 6.01. The Kier molecular flexibility index (Phi) is 4.99. The Morgan fingerprint density at radius 2 is 1.94 bits per heavy atom. The molecule has 1 amide bonds. The molecule has 4 aliphatic carbocycles. The van der Waals surface area contributed by atoms with Crippen LogP contribution in [0.5, 0.6) is 0 Å². The van der Waals surface area contributed by atoms with Crippen LogP contribution < -0.4 is 5.32 Å². The molecule has 0 heterocycles. The van der Waals surface area contributed by atoms with Crippen molar-refractivity contribution in [3.8, 4) is 0 Å². The third-order valence-corrected chi connectivity index (χ3v) is 9.32. The molecular formula is C27H33NO4. The molecule has 1 aromatic rings. The Morgan fingerprint density at radius 3 is 2.69 bits per heavy atom. The van der Waals surface area contributed by atoms with Gasteiger partial charge in [0.1, 0.15) is 5.60 Å². The van der Waals surface area contributed by atoms with Crippen LogP contribution in [0.3, 0.4) is 0 Å². The van der Waals surface area contributed by atoms with E-state index in [2.05, 4.69) is 12.2 Å². The summed E-state index contributed by atoms with van der Waals surface area (Å²) in [5, 5.41) is 26.1. The van der Waals surface area contributed by atoms with E-state index in [-0.39, 0.29) is 34.9 Å². The third kappa shape index (κ3) is 2.97. The normalized spacial score (nSPS) is 42.5. The van der Waals surface area contributed by atoms with Gasteiger partial charge in [-0.25, -0.2) is 0 Å². The van der Waals surface area contributed by atoms with Crippen LogP contribution in [0.2, 0.25) is 0 Å². The van der Waals surface area contributed by atoms with Crippen molar-refractivity contribution >= 4 is 11.7 Å². The summed E-state index contributed by atoms with van der Waals surface area (Å²) >= 11 is 0. The highest BCUT2D eigenvalue weighted by atomic mass is 16.3. The van der Waals surface area contributed by atoms with Gasteiger partial charge in [-0.2, -0.15) is 0 Å². The fraction of sp³-hybridized carbons (Fsp3) is 0.556. The largest absolute Gasteiger partial charge is 0.393 e. The van der Waals surface area contributed by atoms with Crippen molar-refractivity contribution in [3.63, 3.8) is 0 Å². The van der Waals surface area contributed by atoms with E-state index in [1.807, 2.05) is 43.3 Å². The summed E-state index contributed by atoms with van der Waals surface area (Å²) in [5.74, 6) is 0.0614. The lowest BCUT2D eigenvalue weighted by Gasteiger charge is -2.59. The molecule has 1 aromatic carbocycles. The van der Waals surface area contributed by atoms with Crippen molar-refractivity contribution < 1.29 is 19.8 Å². The summed E-state index contributed by atoms with van der Waals surface area (Å²) in [6, 6.07) is 9.70. The zero-order chi connectivity index (χ0) is 22.7. The van der Waals surface area contributed by atoms with Gasteiger partial charge in [0, 0.05) is 23.3 Å². The van der Waals surface area contributed by atoms with Gasteiger partial charge in [-0.15, -0.1) is 0 Å². The SMILES string of the molecule is CC12C=CC(=O)C=C1CCC1C2[C@@H](O)CC2(C)C1CC[C@]2(O)C(=O)NCc1ccccc1. The van der Waals surface area contributed by atoms with Crippen molar-refractivity contribution in [2.24, 2.45) is 28.6 Å². The van der Waals surface area contributed by atoms with Gasteiger partial charge in [-0.05, 0) is 61.7 Å². The predicted octanol–water partition coefficient (Wildman–Crippen LogP) is 3.31. The van der Waals surface area contributed by atoms with Crippen LogP contribution in [0.15, 0.2) is 54.1 Å². The number of ketones is 1. The van der Waals surface area contributed by atoms with Crippen LogP contribution in [0, 0.1) is 28.6 Å². The molecule has 5 rings (SSSR count). The molecule has 3 N–H and O–H groups in total. The van der Waals surface area contributed by atoms with E-state index >= 15 is 0 Å². The molecular weight excluding hydrogens is 402 g/mol. The van der Waals surface area contributed by atoms with Crippen molar-refractivity contribution in [1.29, 1.82) is 0 Å². The van der Waals surface area contributed by atoms with Gasteiger partial charge in [-0.3, -0.25) is 9.59 Å². The van der Waals surface area contributed by atoms with Gasteiger partial charge in [0.25, 0.3) is 5.91 Å². The van der Waals surface area contributed by atoms with E-state index in [0.717, 1.165) is 30.4 Å². The first-order valence-corrected chi connectivity index (χ1v) is 11.9. The maximum atomic E-state index is 13.3. The molecule has 5 nitrogen and oxygen atoms in total. The maximum Gasteiger partial charge on any atom is 0.252 e. The number of fused-ring (bicyclic) bond motifs is 5. The molecule has 0 bridgehead atoms.